The summed E-state index contributed by atoms with van der Waals surface area (Å²) in [5.74, 6) is 0. The zero-order chi connectivity index (χ0) is 31.4. The van der Waals surface area contributed by atoms with E-state index in [0.717, 1.165) is 81.9 Å². The number of rotatable bonds is 5. The lowest BCUT2D eigenvalue weighted by Gasteiger charge is -2.21. The molecule has 4 heteroatoms. The molecule has 47 heavy (non-hydrogen) atoms. The SMILES string of the molecule is O=P(c1ccccc1)(c1ccccc1)c1ccc(-c2c3c(cc4c(-c5ccccc5)nc5ccccc5c24)oc2ccccc23)cc1. The summed E-state index contributed by atoms with van der Waals surface area (Å²) in [5.41, 5.74) is 6.65. The minimum absolute atomic E-state index is 0.795. The molecule has 3 nitrogen and oxygen atoms in total. The van der Waals surface area contributed by atoms with Crippen molar-refractivity contribution in [3.8, 4) is 22.4 Å². The smallest absolute Gasteiger partial charge is 0.171 e. The fourth-order valence-corrected chi connectivity index (χ4v) is 9.63. The van der Waals surface area contributed by atoms with Crippen LogP contribution in [-0.2, 0) is 4.57 Å². The number of para-hydroxylation sites is 2. The molecule has 9 aromatic rings. The molecule has 2 aromatic heterocycles. The first-order chi connectivity index (χ1) is 23.2. The lowest BCUT2D eigenvalue weighted by atomic mass is 9.89. The molecule has 0 saturated heterocycles. The maximum absolute atomic E-state index is 15.2. The molecule has 0 N–H and O–H groups in total. The van der Waals surface area contributed by atoms with Crippen molar-refractivity contribution in [1.82, 2.24) is 4.98 Å². The Morgan fingerprint density at radius 1 is 0.447 bits per heavy atom. The molecule has 0 atom stereocenters. The molecular weight excluding hydrogens is 593 g/mol. The molecule has 0 amide bonds. The molecule has 0 saturated carbocycles. The molecule has 222 valence electrons. The van der Waals surface area contributed by atoms with Crippen LogP contribution in [0.2, 0.25) is 0 Å². The second-order valence-corrected chi connectivity index (χ2v) is 14.6. The number of fused-ring (bicyclic) bond motifs is 6. The monoisotopic (exact) mass is 621 g/mol. The highest BCUT2D eigenvalue weighted by molar-refractivity contribution is 7.85. The molecule has 0 unspecified atom stereocenters. The predicted octanol–water partition coefficient (Wildman–Crippen LogP) is 10.3. The number of nitrogens with zero attached hydrogens (tertiary/aromatic N) is 1. The Hall–Kier alpha value is -5.76. The van der Waals surface area contributed by atoms with Gasteiger partial charge < -0.3 is 8.98 Å². The van der Waals surface area contributed by atoms with E-state index >= 15 is 4.57 Å². The van der Waals surface area contributed by atoms with Crippen LogP contribution in [0.5, 0.6) is 0 Å². The number of hydrogen-bond donors (Lipinski definition) is 0. The van der Waals surface area contributed by atoms with Crippen LogP contribution in [0.15, 0.2) is 174 Å². The maximum Gasteiger partial charge on any atom is 0.171 e. The number of furan rings is 1. The Kier molecular flexibility index (Phi) is 6.41. The summed E-state index contributed by atoms with van der Waals surface area (Å²) in [5, 5.41) is 7.77. The molecule has 0 bridgehead atoms. The van der Waals surface area contributed by atoms with Crippen LogP contribution >= 0.6 is 7.14 Å². The van der Waals surface area contributed by atoms with Crippen molar-refractivity contribution in [2.45, 2.75) is 0 Å². The summed E-state index contributed by atoms with van der Waals surface area (Å²) in [4.78, 5) is 5.20. The fraction of sp³-hybridized carbons (Fsp3) is 0. The van der Waals surface area contributed by atoms with Gasteiger partial charge in [-0.05, 0) is 23.8 Å². The third-order valence-electron chi connectivity index (χ3n) is 9.13. The quantitative estimate of drug-likeness (QED) is 0.142. The van der Waals surface area contributed by atoms with Crippen LogP contribution in [0.1, 0.15) is 0 Å². The van der Waals surface area contributed by atoms with Gasteiger partial charge in [-0.3, -0.25) is 0 Å². The first-order valence-electron chi connectivity index (χ1n) is 15.7. The molecule has 0 radical (unpaired) electrons. The minimum Gasteiger partial charge on any atom is -0.456 e. The average molecular weight is 622 g/mol. The lowest BCUT2D eigenvalue weighted by Crippen LogP contribution is -2.24. The summed E-state index contributed by atoms with van der Waals surface area (Å²) in [7, 11) is -3.13. The van der Waals surface area contributed by atoms with Crippen molar-refractivity contribution in [2.24, 2.45) is 0 Å². The Morgan fingerprint density at radius 2 is 1.00 bits per heavy atom. The molecule has 9 rings (SSSR count). The first kappa shape index (κ1) is 27.5. The van der Waals surface area contributed by atoms with Crippen LogP contribution in [0, 0.1) is 0 Å². The Balaban J connectivity index is 1.38. The summed E-state index contributed by atoms with van der Waals surface area (Å²) < 4.78 is 21.7. The van der Waals surface area contributed by atoms with E-state index in [1.54, 1.807) is 0 Å². The van der Waals surface area contributed by atoms with Gasteiger partial charge in [-0.25, -0.2) is 4.98 Å². The van der Waals surface area contributed by atoms with E-state index in [1.165, 1.54) is 0 Å². The molecule has 2 heterocycles. The highest BCUT2D eigenvalue weighted by atomic mass is 31.2. The molecule has 0 aliphatic rings. The van der Waals surface area contributed by atoms with Gasteiger partial charge in [0.1, 0.15) is 11.2 Å². The summed E-state index contributed by atoms with van der Waals surface area (Å²) in [6.07, 6.45) is 0. The second kappa shape index (κ2) is 10.9. The van der Waals surface area contributed by atoms with E-state index < -0.39 is 7.14 Å². The normalized spacial score (nSPS) is 11.9. The van der Waals surface area contributed by atoms with Gasteiger partial charge >= 0.3 is 0 Å². The minimum atomic E-state index is -3.13. The van der Waals surface area contributed by atoms with Crippen LogP contribution in [-0.4, -0.2) is 4.98 Å². The maximum atomic E-state index is 15.2. The van der Waals surface area contributed by atoms with Crippen LogP contribution in [0.3, 0.4) is 0 Å². The van der Waals surface area contributed by atoms with Crippen LogP contribution in [0.25, 0.3) is 66.0 Å². The van der Waals surface area contributed by atoms with E-state index in [4.69, 9.17) is 9.40 Å². The highest BCUT2D eigenvalue weighted by Crippen LogP contribution is 2.47. The number of hydrogen-bond acceptors (Lipinski definition) is 3. The van der Waals surface area contributed by atoms with E-state index in [0.29, 0.717) is 0 Å². The van der Waals surface area contributed by atoms with Gasteiger partial charge in [0.25, 0.3) is 0 Å². The van der Waals surface area contributed by atoms with Gasteiger partial charge in [-0.15, -0.1) is 0 Å². The Morgan fingerprint density at radius 3 is 1.68 bits per heavy atom. The van der Waals surface area contributed by atoms with Crippen molar-refractivity contribution in [2.75, 3.05) is 0 Å². The third kappa shape index (κ3) is 4.35. The summed E-state index contributed by atoms with van der Waals surface area (Å²) >= 11 is 0. The highest BCUT2D eigenvalue weighted by Gasteiger charge is 2.30. The van der Waals surface area contributed by atoms with Crippen molar-refractivity contribution in [1.29, 1.82) is 0 Å². The van der Waals surface area contributed by atoms with E-state index in [1.807, 2.05) is 97.1 Å². The molecule has 0 fully saturated rings. The van der Waals surface area contributed by atoms with Gasteiger partial charge in [-0.2, -0.15) is 0 Å². The van der Waals surface area contributed by atoms with Crippen molar-refractivity contribution in [3.05, 3.63) is 170 Å². The number of pyridine rings is 1. The topological polar surface area (TPSA) is 43.1 Å². The molecule has 0 aliphatic carbocycles. The van der Waals surface area contributed by atoms with E-state index in [2.05, 4.69) is 72.8 Å². The van der Waals surface area contributed by atoms with Gasteiger partial charge in [-0.1, -0.05) is 152 Å². The van der Waals surface area contributed by atoms with E-state index in [-0.39, 0.29) is 0 Å². The fourth-order valence-electron chi connectivity index (χ4n) is 6.98. The average Bonchev–Trinajstić information content (AvgIpc) is 3.52. The Bertz CT molecular complexity index is 2590. The summed E-state index contributed by atoms with van der Waals surface area (Å²) in [6.45, 7) is 0. The largest absolute Gasteiger partial charge is 0.456 e. The summed E-state index contributed by atoms with van der Waals surface area (Å²) in [6, 6.07) is 57.1. The Labute approximate surface area is 272 Å². The van der Waals surface area contributed by atoms with Gasteiger partial charge in [0, 0.05) is 54.0 Å². The van der Waals surface area contributed by atoms with Crippen LogP contribution < -0.4 is 15.9 Å². The molecule has 7 aromatic carbocycles. The molecular formula is C43H28NO2P. The van der Waals surface area contributed by atoms with E-state index in [9.17, 15) is 0 Å². The standard InChI is InChI=1S/C43H28NO2P/c45-47(31-16-6-2-7-17-31,32-18-8-3-9-19-32)33-26-24-29(25-27-33)40-41-34-20-10-12-22-37(34)44-43(30-14-4-1-5-15-30)36(41)28-39-42(40)35-21-11-13-23-38(35)46-39/h1-28H. The number of benzene rings is 7. The lowest BCUT2D eigenvalue weighted by molar-refractivity contribution is 0.592. The third-order valence-corrected chi connectivity index (χ3v) is 12.2. The predicted molar refractivity (Wildman–Crippen MR) is 197 cm³/mol. The van der Waals surface area contributed by atoms with Gasteiger partial charge in [0.2, 0.25) is 0 Å². The van der Waals surface area contributed by atoms with Gasteiger partial charge in [0.15, 0.2) is 7.14 Å². The number of aromatic nitrogens is 1. The molecule has 0 spiro atoms. The van der Waals surface area contributed by atoms with Crippen molar-refractivity contribution in [3.63, 3.8) is 0 Å². The second-order valence-electron chi connectivity index (χ2n) is 11.8. The zero-order valence-electron chi connectivity index (χ0n) is 25.4. The van der Waals surface area contributed by atoms with Gasteiger partial charge in [0.05, 0.1) is 11.2 Å². The van der Waals surface area contributed by atoms with Crippen molar-refractivity contribution >= 4 is 66.7 Å². The zero-order valence-corrected chi connectivity index (χ0v) is 26.3. The van der Waals surface area contributed by atoms with Crippen LogP contribution in [0.4, 0.5) is 0 Å². The molecule has 0 aliphatic heterocycles. The first-order valence-corrected chi connectivity index (χ1v) is 17.5. The van der Waals surface area contributed by atoms with Crippen molar-refractivity contribution < 1.29 is 8.98 Å².